The van der Waals surface area contributed by atoms with Crippen molar-refractivity contribution >= 4 is 11.7 Å². The highest BCUT2D eigenvalue weighted by atomic mass is 16.6. The van der Waals surface area contributed by atoms with Crippen molar-refractivity contribution in [2.45, 2.75) is 70.9 Å². The number of aromatic nitrogens is 1. The molecule has 0 aromatic carbocycles. The highest BCUT2D eigenvalue weighted by Crippen LogP contribution is 2.39. The molecule has 0 unspecified atom stereocenters. The summed E-state index contributed by atoms with van der Waals surface area (Å²) in [5.74, 6) is -0.527. The Bertz CT molecular complexity index is 570. The number of carbonyl (C=O) groups is 1. The summed E-state index contributed by atoms with van der Waals surface area (Å²) in [5.41, 5.74) is 6.88. The SMILES string of the molecule is CC[C@H]1O[C@@H](c2ccncc2N)C[C@@H](CC(=O)OC(C)(C)C)[C@@H]1O. The number of nitrogen functional groups attached to an aromatic ring is 1. The van der Waals surface area contributed by atoms with E-state index in [9.17, 15) is 9.90 Å². The third kappa shape index (κ3) is 4.68. The van der Waals surface area contributed by atoms with E-state index >= 15 is 0 Å². The fourth-order valence-electron chi connectivity index (χ4n) is 3.11. The average molecular weight is 336 g/mol. The van der Waals surface area contributed by atoms with Gasteiger partial charge in [0.25, 0.3) is 0 Å². The lowest BCUT2D eigenvalue weighted by atomic mass is 9.83. The van der Waals surface area contributed by atoms with Crippen LogP contribution in [-0.4, -0.2) is 33.9 Å². The minimum atomic E-state index is -0.693. The maximum absolute atomic E-state index is 12.2. The molecule has 1 aliphatic heterocycles. The molecular formula is C18H28N2O4. The number of carbonyl (C=O) groups excluding carboxylic acids is 1. The summed E-state index contributed by atoms with van der Waals surface area (Å²) in [6.45, 7) is 7.46. The minimum Gasteiger partial charge on any atom is -0.460 e. The van der Waals surface area contributed by atoms with Gasteiger partial charge in [0.2, 0.25) is 0 Å². The molecule has 1 saturated heterocycles. The molecule has 2 rings (SSSR count). The van der Waals surface area contributed by atoms with E-state index < -0.39 is 11.7 Å². The van der Waals surface area contributed by atoms with Crippen molar-refractivity contribution in [3.63, 3.8) is 0 Å². The third-order valence-corrected chi connectivity index (χ3v) is 4.21. The molecule has 1 aromatic rings. The normalized spacial score (nSPS) is 27.7. The van der Waals surface area contributed by atoms with Crippen LogP contribution in [0, 0.1) is 5.92 Å². The molecule has 0 aliphatic carbocycles. The van der Waals surface area contributed by atoms with E-state index in [-0.39, 0.29) is 30.5 Å². The van der Waals surface area contributed by atoms with Gasteiger partial charge in [0.15, 0.2) is 0 Å². The van der Waals surface area contributed by atoms with E-state index in [1.807, 2.05) is 33.8 Å². The fraction of sp³-hybridized carbons (Fsp3) is 0.667. The number of hydrogen-bond donors (Lipinski definition) is 2. The highest BCUT2D eigenvalue weighted by Gasteiger charge is 2.39. The number of esters is 1. The number of nitrogens with zero attached hydrogens (tertiary/aromatic N) is 1. The molecule has 1 aromatic heterocycles. The Morgan fingerprint density at radius 2 is 2.21 bits per heavy atom. The van der Waals surface area contributed by atoms with Gasteiger partial charge in [0.1, 0.15) is 5.60 Å². The largest absolute Gasteiger partial charge is 0.460 e. The first-order chi connectivity index (χ1) is 11.2. The van der Waals surface area contributed by atoms with E-state index in [2.05, 4.69) is 4.98 Å². The lowest BCUT2D eigenvalue weighted by molar-refractivity contribution is -0.170. The summed E-state index contributed by atoms with van der Waals surface area (Å²) in [6.07, 6.45) is 3.33. The van der Waals surface area contributed by atoms with Gasteiger partial charge in [-0.1, -0.05) is 6.92 Å². The van der Waals surface area contributed by atoms with E-state index in [4.69, 9.17) is 15.2 Å². The molecule has 4 atom stereocenters. The van der Waals surface area contributed by atoms with Gasteiger partial charge < -0.3 is 20.3 Å². The lowest BCUT2D eigenvalue weighted by Crippen LogP contribution is -2.43. The van der Waals surface area contributed by atoms with Gasteiger partial charge in [0, 0.05) is 17.7 Å². The number of ether oxygens (including phenoxy) is 2. The maximum atomic E-state index is 12.2. The quantitative estimate of drug-likeness (QED) is 0.821. The van der Waals surface area contributed by atoms with Gasteiger partial charge >= 0.3 is 5.97 Å². The number of rotatable bonds is 4. The second kappa shape index (κ2) is 7.49. The predicted octanol–water partition coefficient (Wildman–Crippen LogP) is 2.61. The topological polar surface area (TPSA) is 94.7 Å². The van der Waals surface area contributed by atoms with Crippen LogP contribution in [0.3, 0.4) is 0 Å². The number of hydrogen-bond acceptors (Lipinski definition) is 6. The van der Waals surface area contributed by atoms with Gasteiger partial charge in [-0.3, -0.25) is 9.78 Å². The van der Waals surface area contributed by atoms with Crippen LogP contribution in [0.15, 0.2) is 18.5 Å². The molecule has 0 bridgehead atoms. The molecule has 6 heteroatoms. The van der Waals surface area contributed by atoms with Crippen molar-refractivity contribution in [1.29, 1.82) is 0 Å². The Labute approximate surface area is 143 Å². The van der Waals surface area contributed by atoms with Crippen LogP contribution in [0.1, 0.15) is 58.6 Å². The van der Waals surface area contributed by atoms with Gasteiger partial charge in [-0.05, 0) is 39.7 Å². The van der Waals surface area contributed by atoms with Crippen molar-refractivity contribution in [3.05, 3.63) is 24.0 Å². The molecule has 24 heavy (non-hydrogen) atoms. The zero-order valence-corrected chi connectivity index (χ0v) is 14.9. The van der Waals surface area contributed by atoms with Gasteiger partial charge in [-0.25, -0.2) is 0 Å². The summed E-state index contributed by atoms with van der Waals surface area (Å²) >= 11 is 0. The van der Waals surface area contributed by atoms with Crippen molar-refractivity contribution in [1.82, 2.24) is 4.98 Å². The van der Waals surface area contributed by atoms with Gasteiger partial charge in [-0.2, -0.15) is 0 Å². The second-order valence-corrected chi connectivity index (χ2v) is 7.35. The van der Waals surface area contributed by atoms with Crippen molar-refractivity contribution in [2.75, 3.05) is 5.73 Å². The van der Waals surface area contributed by atoms with Crippen LogP contribution in [0.5, 0.6) is 0 Å². The Balaban J connectivity index is 2.14. The molecule has 1 aliphatic rings. The lowest BCUT2D eigenvalue weighted by Gasteiger charge is -2.39. The Morgan fingerprint density at radius 3 is 2.79 bits per heavy atom. The highest BCUT2D eigenvalue weighted by molar-refractivity contribution is 5.70. The smallest absolute Gasteiger partial charge is 0.306 e. The van der Waals surface area contributed by atoms with E-state index in [1.54, 1.807) is 12.4 Å². The fourth-order valence-corrected chi connectivity index (χ4v) is 3.11. The van der Waals surface area contributed by atoms with Crippen molar-refractivity contribution in [2.24, 2.45) is 5.92 Å². The predicted molar refractivity (Wildman–Crippen MR) is 91.1 cm³/mol. The number of nitrogens with two attached hydrogens (primary N) is 1. The average Bonchev–Trinajstić information content (AvgIpc) is 2.48. The molecule has 0 radical (unpaired) electrons. The first kappa shape index (κ1) is 18.7. The monoisotopic (exact) mass is 336 g/mol. The number of aliphatic hydroxyl groups is 1. The van der Waals surface area contributed by atoms with Gasteiger partial charge in [-0.15, -0.1) is 0 Å². The van der Waals surface area contributed by atoms with E-state index in [0.29, 0.717) is 18.5 Å². The summed E-state index contributed by atoms with van der Waals surface area (Å²) in [5, 5.41) is 10.5. The molecule has 3 N–H and O–H groups in total. The zero-order valence-electron chi connectivity index (χ0n) is 14.9. The maximum Gasteiger partial charge on any atom is 0.306 e. The van der Waals surface area contributed by atoms with Gasteiger partial charge in [0.05, 0.1) is 36.6 Å². The van der Waals surface area contributed by atoms with Crippen LogP contribution in [0.4, 0.5) is 5.69 Å². The van der Waals surface area contributed by atoms with Crippen LogP contribution in [-0.2, 0) is 14.3 Å². The number of pyridine rings is 1. The van der Waals surface area contributed by atoms with Crippen molar-refractivity contribution in [3.8, 4) is 0 Å². The summed E-state index contributed by atoms with van der Waals surface area (Å²) in [6, 6.07) is 1.83. The first-order valence-electron chi connectivity index (χ1n) is 8.46. The first-order valence-corrected chi connectivity index (χ1v) is 8.46. The summed E-state index contributed by atoms with van der Waals surface area (Å²) in [7, 11) is 0. The second-order valence-electron chi connectivity index (χ2n) is 7.35. The van der Waals surface area contributed by atoms with Crippen LogP contribution < -0.4 is 5.73 Å². The zero-order chi connectivity index (χ0) is 17.9. The summed E-state index contributed by atoms with van der Waals surface area (Å²) in [4.78, 5) is 16.2. The summed E-state index contributed by atoms with van der Waals surface area (Å²) < 4.78 is 11.4. The Hall–Kier alpha value is -1.66. The standard InChI is InChI=1S/C18H28N2O4/c1-5-14-17(22)11(9-16(21)24-18(2,3)4)8-15(23-14)12-6-7-20-10-13(12)19/h6-7,10-11,14-15,17,22H,5,8-9,19H2,1-4H3/t11-,14+,15+,17-/m0/s1. The van der Waals surface area contributed by atoms with Crippen molar-refractivity contribution < 1.29 is 19.4 Å². The molecule has 0 amide bonds. The third-order valence-electron chi connectivity index (χ3n) is 4.21. The molecule has 134 valence electrons. The molecule has 6 nitrogen and oxygen atoms in total. The van der Waals surface area contributed by atoms with Crippen LogP contribution in [0.2, 0.25) is 0 Å². The van der Waals surface area contributed by atoms with E-state index in [1.165, 1.54) is 0 Å². The molecular weight excluding hydrogens is 308 g/mol. The van der Waals surface area contributed by atoms with Crippen LogP contribution in [0.25, 0.3) is 0 Å². The molecule has 1 fully saturated rings. The Kier molecular flexibility index (Phi) is 5.83. The Morgan fingerprint density at radius 1 is 1.50 bits per heavy atom. The number of anilines is 1. The van der Waals surface area contributed by atoms with E-state index in [0.717, 1.165) is 5.56 Å². The molecule has 2 heterocycles. The number of aliphatic hydroxyl groups excluding tert-OH is 1. The minimum absolute atomic E-state index is 0.166. The molecule has 0 saturated carbocycles. The van der Waals surface area contributed by atoms with Crippen LogP contribution >= 0.6 is 0 Å². The molecule has 0 spiro atoms.